The van der Waals surface area contributed by atoms with E-state index >= 15 is 0 Å². The molecule has 0 amide bonds. The Kier molecular flexibility index (Phi) is 2.08. The topological polar surface area (TPSA) is 43.1 Å². The molecule has 0 atom stereocenters. The molecule has 0 saturated carbocycles. The molecule has 0 aliphatic rings. The predicted octanol–water partition coefficient (Wildman–Crippen LogP) is 0.0374. The zero-order chi connectivity index (χ0) is 7.49. The van der Waals surface area contributed by atoms with Crippen molar-refractivity contribution in [3.8, 4) is 12.0 Å². The van der Waals surface area contributed by atoms with Crippen molar-refractivity contribution in [3.05, 3.63) is 0 Å². The molecule has 0 radical (unpaired) electrons. The van der Waals surface area contributed by atoms with Crippen molar-refractivity contribution in [1.29, 1.82) is 0 Å². The second-order valence-corrected chi connectivity index (χ2v) is 1.10. The summed E-state index contributed by atoms with van der Waals surface area (Å²) in [6.45, 7) is 0. The van der Waals surface area contributed by atoms with Crippen LogP contribution < -0.4 is 5.73 Å². The highest BCUT2D eigenvalue weighted by molar-refractivity contribution is 5.99. The summed E-state index contributed by atoms with van der Waals surface area (Å²) in [4.78, 5) is 9.69. The minimum Gasteiger partial charge on any atom is -0.359 e. The molecule has 0 aromatic rings. The Hall–Kier alpha value is -1.18. The van der Waals surface area contributed by atoms with Crippen LogP contribution in [0.3, 0.4) is 0 Å². The Bertz CT molecular complexity index is 172. The molecule has 0 aliphatic heterocycles. The van der Waals surface area contributed by atoms with Crippen LogP contribution in [-0.4, -0.2) is 12.0 Å². The second-order valence-electron chi connectivity index (χ2n) is 1.10. The molecule has 9 heavy (non-hydrogen) atoms. The van der Waals surface area contributed by atoms with Crippen LogP contribution >= 0.6 is 0 Å². The molecule has 0 heterocycles. The Balaban J connectivity index is 4.17. The van der Waals surface area contributed by atoms with Crippen LogP contribution in [0.5, 0.6) is 0 Å². The van der Waals surface area contributed by atoms with Crippen LogP contribution in [0.15, 0.2) is 0 Å². The van der Waals surface area contributed by atoms with Gasteiger partial charge in [-0.3, -0.25) is 4.79 Å². The van der Waals surface area contributed by atoms with Gasteiger partial charge in [-0.15, -0.1) is 0 Å². The summed E-state index contributed by atoms with van der Waals surface area (Å²) >= 11 is 0. The quantitative estimate of drug-likeness (QED) is 0.378. The zero-order valence-corrected chi connectivity index (χ0v) is 4.12. The fraction of sp³-hybridized carbons (Fsp3) is 0.250. The van der Waals surface area contributed by atoms with E-state index in [-0.39, 0.29) is 0 Å². The van der Waals surface area contributed by atoms with Gasteiger partial charge in [-0.25, -0.2) is 0 Å². The summed E-state index contributed by atoms with van der Waals surface area (Å²) in [5, 5.41) is 0. The van der Waals surface area contributed by atoms with Crippen LogP contribution in [0.1, 0.15) is 0 Å². The van der Waals surface area contributed by atoms with E-state index in [0.29, 0.717) is 0 Å². The predicted molar refractivity (Wildman–Crippen MR) is 23.0 cm³/mol. The van der Waals surface area contributed by atoms with Gasteiger partial charge in [-0.05, 0) is 0 Å². The first-order chi connectivity index (χ1) is 3.98. The lowest BCUT2D eigenvalue weighted by Gasteiger charge is -1.95. The summed E-state index contributed by atoms with van der Waals surface area (Å²) in [7, 11) is 0. The van der Waals surface area contributed by atoms with Crippen molar-refractivity contribution < 1.29 is 18.0 Å². The fourth-order valence-corrected chi connectivity index (χ4v) is 0.136. The van der Waals surface area contributed by atoms with E-state index in [1.807, 2.05) is 0 Å². The average molecular weight is 137 g/mol. The number of rotatable bonds is 0. The third-order valence-corrected chi connectivity index (χ3v) is 0.443. The average Bonchev–Trinajstić information content (AvgIpc) is 1.64. The third-order valence-electron chi connectivity index (χ3n) is 0.443. The molecule has 0 unspecified atom stereocenters. The van der Waals surface area contributed by atoms with Gasteiger partial charge < -0.3 is 5.73 Å². The summed E-state index contributed by atoms with van der Waals surface area (Å²) in [5.41, 5.74) is 4.34. The largest absolute Gasteiger partial charge is 0.463 e. The molecule has 0 aromatic heterocycles. The van der Waals surface area contributed by atoms with Crippen LogP contribution in [0.2, 0.25) is 0 Å². The minimum atomic E-state index is -4.88. The van der Waals surface area contributed by atoms with Gasteiger partial charge in [0, 0.05) is 12.0 Å². The van der Waals surface area contributed by atoms with E-state index < -0.39 is 12.0 Å². The summed E-state index contributed by atoms with van der Waals surface area (Å²) in [6.07, 6.45) is -4.88. The van der Waals surface area contributed by atoms with E-state index in [2.05, 4.69) is 5.73 Å². The standard InChI is InChI=1S/C4H2F3NO/c5-4(6,7)3(9)1-2-8/h8H2. The Labute approximate surface area is 48.8 Å². The van der Waals surface area contributed by atoms with Crippen LogP contribution in [0.4, 0.5) is 13.2 Å². The number of hydrogen-bond acceptors (Lipinski definition) is 2. The number of carbonyl (C=O) groups excluding carboxylic acids is 1. The molecular formula is C4H2F3NO. The lowest BCUT2D eigenvalue weighted by molar-refractivity contribution is -0.164. The molecule has 50 valence electrons. The number of alkyl halides is 3. The minimum absolute atomic E-state index is 1.15. The monoisotopic (exact) mass is 137 g/mol. The Morgan fingerprint density at radius 2 is 1.89 bits per heavy atom. The van der Waals surface area contributed by atoms with Crippen molar-refractivity contribution >= 4 is 5.78 Å². The number of halogens is 3. The van der Waals surface area contributed by atoms with Gasteiger partial charge in [-0.2, -0.15) is 13.2 Å². The summed E-state index contributed by atoms with van der Waals surface area (Å²) in [5.74, 6) is -0.971. The highest BCUT2D eigenvalue weighted by atomic mass is 19.4. The molecule has 2 nitrogen and oxygen atoms in total. The SMILES string of the molecule is NC#CC(=O)C(F)(F)F. The zero-order valence-electron chi connectivity index (χ0n) is 4.12. The van der Waals surface area contributed by atoms with Crippen LogP contribution in [-0.2, 0) is 4.79 Å². The number of nitrogens with two attached hydrogens (primary N) is 1. The van der Waals surface area contributed by atoms with E-state index in [1.54, 1.807) is 0 Å². The van der Waals surface area contributed by atoms with Crippen molar-refractivity contribution in [2.45, 2.75) is 6.18 Å². The Morgan fingerprint density at radius 1 is 1.44 bits per heavy atom. The van der Waals surface area contributed by atoms with Gasteiger partial charge in [0.2, 0.25) is 0 Å². The number of hydrogen-bond donors (Lipinski definition) is 1. The van der Waals surface area contributed by atoms with Crippen molar-refractivity contribution in [2.75, 3.05) is 0 Å². The highest BCUT2D eigenvalue weighted by Crippen LogP contribution is 2.14. The van der Waals surface area contributed by atoms with Gasteiger partial charge in [0.15, 0.2) is 0 Å². The molecule has 0 aromatic carbocycles. The lowest BCUT2D eigenvalue weighted by atomic mass is 10.4. The van der Waals surface area contributed by atoms with Crippen molar-refractivity contribution in [1.82, 2.24) is 0 Å². The maximum Gasteiger partial charge on any atom is 0.463 e. The van der Waals surface area contributed by atoms with E-state index in [9.17, 15) is 18.0 Å². The number of ketones is 1. The summed E-state index contributed by atoms with van der Waals surface area (Å²) in [6, 6.07) is 1.35. The van der Waals surface area contributed by atoms with Gasteiger partial charge in [-0.1, -0.05) is 0 Å². The van der Waals surface area contributed by atoms with Crippen LogP contribution in [0, 0.1) is 12.0 Å². The first kappa shape index (κ1) is 7.82. The smallest absolute Gasteiger partial charge is 0.359 e. The molecule has 0 spiro atoms. The number of Topliss-reactive ketones (excluding diaryl/α,β-unsaturated/α-hetero) is 1. The van der Waals surface area contributed by atoms with Gasteiger partial charge in [0.05, 0.1) is 0 Å². The van der Waals surface area contributed by atoms with E-state index in [1.165, 1.54) is 6.04 Å². The fourth-order valence-electron chi connectivity index (χ4n) is 0.136. The molecule has 0 fully saturated rings. The second kappa shape index (κ2) is 2.40. The molecular weight excluding hydrogens is 135 g/mol. The van der Waals surface area contributed by atoms with Crippen molar-refractivity contribution in [3.63, 3.8) is 0 Å². The molecule has 0 saturated heterocycles. The molecule has 0 bridgehead atoms. The van der Waals surface area contributed by atoms with Crippen LogP contribution in [0.25, 0.3) is 0 Å². The first-order valence-corrected chi connectivity index (χ1v) is 1.81. The van der Waals surface area contributed by atoms with E-state index in [4.69, 9.17) is 0 Å². The van der Waals surface area contributed by atoms with Gasteiger partial charge in [0.1, 0.15) is 0 Å². The van der Waals surface area contributed by atoms with Gasteiger partial charge in [0.25, 0.3) is 0 Å². The Morgan fingerprint density at radius 3 is 2.00 bits per heavy atom. The number of carbonyl (C=O) groups is 1. The highest BCUT2D eigenvalue weighted by Gasteiger charge is 2.37. The maximum absolute atomic E-state index is 11.1. The molecule has 0 rings (SSSR count). The lowest BCUT2D eigenvalue weighted by Crippen LogP contribution is -2.20. The molecule has 2 N–H and O–H groups in total. The molecule has 0 aliphatic carbocycles. The summed E-state index contributed by atoms with van der Waals surface area (Å²) < 4.78 is 33.4. The first-order valence-electron chi connectivity index (χ1n) is 1.81. The normalized spacial score (nSPS) is 9.67. The van der Waals surface area contributed by atoms with E-state index in [0.717, 1.165) is 5.92 Å². The van der Waals surface area contributed by atoms with Crippen molar-refractivity contribution in [2.24, 2.45) is 5.73 Å². The van der Waals surface area contributed by atoms with Gasteiger partial charge >= 0.3 is 12.0 Å². The maximum atomic E-state index is 11.1. The molecule has 5 heteroatoms. The third kappa shape index (κ3) is 2.59.